The molecule has 1 aliphatic heterocycles. The fraction of sp³-hybridized carbons (Fsp3) is 0.0556. The molecule has 0 aliphatic carbocycles. The normalized spacial score (nSPS) is 16.7. The molecule has 3 rings (SSSR count). The van der Waals surface area contributed by atoms with Crippen molar-refractivity contribution in [1.82, 2.24) is 5.32 Å². The third-order valence-electron chi connectivity index (χ3n) is 3.74. The highest BCUT2D eigenvalue weighted by Crippen LogP contribution is 2.29. The van der Waals surface area contributed by atoms with Crippen LogP contribution >= 0.6 is 12.2 Å². The van der Waals surface area contributed by atoms with E-state index in [9.17, 15) is 27.2 Å². The second-order valence-corrected chi connectivity index (χ2v) is 5.94. The molecule has 2 aromatic carbocycles. The van der Waals surface area contributed by atoms with Gasteiger partial charge in [0.2, 0.25) is 0 Å². The van der Waals surface area contributed by atoms with Gasteiger partial charge in [-0.2, -0.15) is 13.2 Å². The standard InChI is InChI=1S/C18H10F4N2O2S/c19-12-5-7-13(8-6-12)24-16(26)14(15(25)23-17(24)27)9-10-1-3-11(4-2-10)18(20,21)22/h1-9H,(H,23,25,27). The van der Waals surface area contributed by atoms with Crippen molar-refractivity contribution in [2.75, 3.05) is 4.90 Å². The second-order valence-electron chi connectivity index (χ2n) is 5.55. The van der Waals surface area contributed by atoms with Crippen LogP contribution in [0.3, 0.4) is 0 Å². The van der Waals surface area contributed by atoms with Crippen LogP contribution in [0.5, 0.6) is 0 Å². The lowest BCUT2D eigenvalue weighted by Gasteiger charge is -2.28. The molecule has 0 bridgehead atoms. The van der Waals surface area contributed by atoms with Crippen LogP contribution in [0.1, 0.15) is 11.1 Å². The average molecular weight is 394 g/mol. The maximum absolute atomic E-state index is 13.1. The molecule has 0 unspecified atom stereocenters. The van der Waals surface area contributed by atoms with Crippen LogP contribution in [-0.4, -0.2) is 16.9 Å². The summed E-state index contributed by atoms with van der Waals surface area (Å²) in [4.78, 5) is 25.8. The number of hydrogen-bond acceptors (Lipinski definition) is 3. The Hall–Kier alpha value is -3.07. The number of benzene rings is 2. The van der Waals surface area contributed by atoms with Crippen molar-refractivity contribution in [3.05, 3.63) is 71.0 Å². The van der Waals surface area contributed by atoms with E-state index in [1.165, 1.54) is 12.1 Å². The number of rotatable bonds is 2. The number of alkyl halides is 3. The third kappa shape index (κ3) is 3.87. The molecule has 1 saturated heterocycles. The smallest absolute Gasteiger partial charge is 0.298 e. The van der Waals surface area contributed by atoms with Crippen LogP contribution < -0.4 is 10.2 Å². The summed E-state index contributed by atoms with van der Waals surface area (Å²) < 4.78 is 51.0. The monoisotopic (exact) mass is 394 g/mol. The Morgan fingerprint density at radius 2 is 1.56 bits per heavy atom. The first-order valence-corrected chi connectivity index (χ1v) is 7.92. The summed E-state index contributed by atoms with van der Waals surface area (Å²) in [6.45, 7) is 0. The summed E-state index contributed by atoms with van der Waals surface area (Å²) in [6, 6.07) is 8.86. The van der Waals surface area contributed by atoms with E-state index < -0.39 is 29.4 Å². The topological polar surface area (TPSA) is 49.4 Å². The molecule has 0 spiro atoms. The molecule has 9 heteroatoms. The largest absolute Gasteiger partial charge is 0.416 e. The first-order chi connectivity index (χ1) is 12.7. The van der Waals surface area contributed by atoms with Gasteiger partial charge in [0.15, 0.2) is 5.11 Å². The van der Waals surface area contributed by atoms with Gasteiger partial charge in [0.1, 0.15) is 11.4 Å². The number of thiocarbonyl (C=S) groups is 1. The SMILES string of the molecule is O=C1NC(=S)N(c2ccc(F)cc2)C(=O)C1=Cc1ccc(C(F)(F)F)cc1. The second kappa shape index (κ2) is 6.92. The van der Waals surface area contributed by atoms with E-state index in [-0.39, 0.29) is 21.9 Å². The number of anilines is 1. The van der Waals surface area contributed by atoms with E-state index >= 15 is 0 Å². The molecule has 0 aromatic heterocycles. The van der Waals surface area contributed by atoms with Gasteiger partial charge in [0.25, 0.3) is 11.8 Å². The fourth-order valence-corrected chi connectivity index (χ4v) is 2.70. The summed E-state index contributed by atoms with van der Waals surface area (Å²) in [5.41, 5.74) is -0.691. The minimum absolute atomic E-state index is 0.179. The van der Waals surface area contributed by atoms with E-state index in [0.29, 0.717) is 0 Å². The van der Waals surface area contributed by atoms with Crippen LogP contribution in [0.2, 0.25) is 0 Å². The van der Waals surface area contributed by atoms with Crippen molar-refractivity contribution in [3.63, 3.8) is 0 Å². The summed E-state index contributed by atoms with van der Waals surface area (Å²) in [5.74, 6) is -2.06. The minimum atomic E-state index is -4.49. The van der Waals surface area contributed by atoms with Gasteiger partial charge in [0.05, 0.1) is 11.3 Å². The quantitative estimate of drug-likeness (QED) is 0.366. The summed E-state index contributed by atoms with van der Waals surface area (Å²) in [7, 11) is 0. The zero-order chi connectivity index (χ0) is 19.8. The van der Waals surface area contributed by atoms with Crippen LogP contribution in [0.4, 0.5) is 23.2 Å². The predicted octanol–water partition coefficient (Wildman–Crippen LogP) is 3.68. The van der Waals surface area contributed by atoms with E-state index in [1.54, 1.807) is 0 Å². The molecule has 4 nitrogen and oxygen atoms in total. The van der Waals surface area contributed by atoms with Crippen LogP contribution in [-0.2, 0) is 15.8 Å². The van der Waals surface area contributed by atoms with Crippen molar-refractivity contribution < 1.29 is 27.2 Å². The summed E-state index contributed by atoms with van der Waals surface area (Å²) in [5, 5.41) is 2.15. The van der Waals surface area contributed by atoms with Gasteiger partial charge in [0, 0.05) is 0 Å². The lowest BCUT2D eigenvalue weighted by atomic mass is 10.1. The van der Waals surface area contributed by atoms with Crippen LogP contribution in [0, 0.1) is 5.82 Å². The Kier molecular flexibility index (Phi) is 4.79. The van der Waals surface area contributed by atoms with Gasteiger partial charge in [-0.05, 0) is 60.3 Å². The maximum Gasteiger partial charge on any atom is 0.416 e. The van der Waals surface area contributed by atoms with E-state index in [0.717, 1.165) is 47.4 Å². The molecule has 0 radical (unpaired) electrons. The fourth-order valence-electron chi connectivity index (χ4n) is 2.42. The Balaban J connectivity index is 1.95. The van der Waals surface area contributed by atoms with Gasteiger partial charge >= 0.3 is 6.18 Å². The highest BCUT2D eigenvalue weighted by Gasteiger charge is 2.34. The van der Waals surface area contributed by atoms with E-state index in [1.807, 2.05) is 0 Å². The number of hydrogen-bond donors (Lipinski definition) is 1. The van der Waals surface area contributed by atoms with Gasteiger partial charge in [-0.3, -0.25) is 19.8 Å². The first-order valence-electron chi connectivity index (χ1n) is 7.51. The number of nitrogens with zero attached hydrogens (tertiary/aromatic N) is 1. The molecule has 2 amide bonds. The van der Waals surface area contributed by atoms with Crippen LogP contribution in [0.25, 0.3) is 6.08 Å². The van der Waals surface area contributed by atoms with Crippen molar-refractivity contribution in [3.8, 4) is 0 Å². The van der Waals surface area contributed by atoms with Gasteiger partial charge in [-0.1, -0.05) is 12.1 Å². The lowest BCUT2D eigenvalue weighted by Crippen LogP contribution is -2.54. The zero-order valence-electron chi connectivity index (χ0n) is 13.4. The number of halogens is 4. The summed E-state index contributed by atoms with van der Waals surface area (Å²) >= 11 is 5.00. The number of carbonyl (C=O) groups is 2. The van der Waals surface area contributed by atoms with Gasteiger partial charge in [-0.25, -0.2) is 4.39 Å². The molecule has 1 fully saturated rings. The third-order valence-corrected chi connectivity index (χ3v) is 4.02. The van der Waals surface area contributed by atoms with E-state index in [2.05, 4.69) is 5.32 Å². The van der Waals surface area contributed by atoms with Crippen LogP contribution in [0.15, 0.2) is 54.1 Å². The Labute approximate surface area is 156 Å². The van der Waals surface area contributed by atoms with Crippen molar-refractivity contribution in [1.29, 1.82) is 0 Å². The molecule has 2 aromatic rings. The molecule has 138 valence electrons. The maximum atomic E-state index is 13.1. The predicted molar refractivity (Wildman–Crippen MR) is 94.0 cm³/mol. The molecule has 0 atom stereocenters. The molecule has 1 N–H and O–H groups in total. The Morgan fingerprint density at radius 3 is 2.11 bits per heavy atom. The van der Waals surface area contributed by atoms with Crippen molar-refractivity contribution >= 4 is 40.9 Å². The van der Waals surface area contributed by atoms with Crippen molar-refractivity contribution in [2.24, 2.45) is 0 Å². The Morgan fingerprint density at radius 1 is 0.963 bits per heavy atom. The highest BCUT2D eigenvalue weighted by atomic mass is 32.1. The molecule has 0 saturated carbocycles. The molecular formula is C18H10F4N2O2S. The average Bonchev–Trinajstić information content (AvgIpc) is 2.60. The first kappa shape index (κ1) is 18.7. The molecule has 1 heterocycles. The zero-order valence-corrected chi connectivity index (χ0v) is 14.2. The summed E-state index contributed by atoms with van der Waals surface area (Å²) in [6.07, 6.45) is -3.33. The number of carbonyl (C=O) groups excluding carboxylic acids is 2. The Bertz CT molecular complexity index is 951. The van der Waals surface area contributed by atoms with Gasteiger partial charge < -0.3 is 0 Å². The van der Waals surface area contributed by atoms with E-state index in [4.69, 9.17) is 12.2 Å². The molecule has 1 aliphatic rings. The molecule has 27 heavy (non-hydrogen) atoms. The number of nitrogens with one attached hydrogen (secondary N) is 1. The number of amides is 2. The molecular weight excluding hydrogens is 384 g/mol. The van der Waals surface area contributed by atoms with Gasteiger partial charge in [-0.15, -0.1) is 0 Å². The van der Waals surface area contributed by atoms with Crippen molar-refractivity contribution in [2.45, 2.75) is 6.18 Å². The minimum Gasteiger partial charge on any atom is -0.298 e. The highest BCUT2D eigenvalue weighted by molar-refractivity contribution is 7.80. The lowest BCUT2D eigenvalue weighted by molar-refractivity contribution is -0.137.